The lowest BCUT2D eigenvalue weighted by Crippen LogP contribution is -2.31. The van der Waals surface area contributed by atoms with Gasteiger partial charge >= 0.3 is 0 Å². The van der Waals surface area contributed by atoms with E-state index in [1.807, 2.05) is 30.3 Å². The van der Waals surface area contributed by atoms with Crippen LogP contribution in [0.1, 0.15) is 30.0 Å². The lowest BCUT2D eigenvalue weighted by Gasteiger charge is -2.25. The zero-order valence-electron chi connectivity index (χ0n) is 13.3. The van der Waals surface area contributed by atoms with E-state index >= 15 is 0 Å². The van der Waals surface area contributed by atoms with Gasteiger partial charge in [-0.05, 0) is 42.7 Å². The van der Waals surface area contributed by atoms with Crippen LogP contribution in [0.2, 0.25) is 0 Å². The van der Waals surface area contributed by atoms with Crippen molar-refractivity contribution in [1.82, 2.24) is 4.31 Å². The number of nitriles is 1. The number of benzene rings is 2. The SMILES string of the molecule is COc1cccc([C@@H]2CCCN2S(=O)(=O)c2ccccc2C#N)c1. The first-order valence-electron chi connectivity index (χ1n) is 7.73. The van der Waals surface area contributed by atoms with Gasteiger partial charge in [-0.3, -0.25) is 0 Å². The molecule has 0 spiro atoms. The molecule has 1 heterocycles. The topological polar surface area (TPSA) is 70.4 Å². The van der Waals surface area contributed by atoms with E-state index in [-0.39, 0.29) is 16.5 Å². The molecule has 1 fully saturated rings. The zero-order chi connectivity index (χ0) is 17.2. The predicted molar refractivity (Wildman–Crippen MR) is 90.0 cm³/mol. The molecule has 6 heteroatoms. The first kappa shape index (κ1) is 16.5. The number of hydrogen-bond acceptors (Lipinski definition) is 4. The predicted octanol–water partition coefficient (Wildman–Crippen LogP) is 3.09. The number of hydrogen-bond donors (Lipinski definition) is 0. The van der Waals surface area contributed by atoms with Crippen LogP contribution in [0.25, 0.3) is 0 Å². The Hall–Kier alpha value is -2.36. The van der Waals surface area contributed by atoms with E-state index in [4.69, 9.17) is 4.74 Å². The minimum atomic E-state index is -3.73. The lowest BCUT2D eigenvalue weighted by molar-refractivity contribution is 0.390. The van der Waals surface area contributed by atoms with Crippen molar-refractivity contribution in [3.8, 4) is 11.8 Å². The Morgan fingerprint density at radius 2 is 2.00 bits per heavy atom. The second-order valence-electron chi connectivity index (χ2n) is 5.66. The normalized spacial score (nSPS) is 18.2. The largest absolute Gasteiger partial charge is 0.497 e. The molecule has 5 nitrogen and oxygen atoms in total. The van der Waals surface area contributed by atoms with E-state index in [0.29, 0.717) is 12.3 Å². The van der Waals surface area contributed by atoms with E-state index in [1.54, 1.807) is 19.2 Å². The summed E-state index contributed by atoms with van der Waals surface area (Å²) >= 11 is 0. The van der Waals surface area contributed by atoms with Gasteiger partial charge in [-0.2, -0.15) is 9.57 Å². The van der Waals surface area contributed by atoms with E-state index in [1.165, 1.54) is 16.4 Å². The van der Waals surface area contributed by atoms with Crippen molar-refractivity contribution in [3.05, 3.63) is 59.7 Å². The van der Waals surface area contributed by atoms with Crippen molar-refractivity contribution in [2.75, 3.05) is 13.7 Å². The van der Waals surface area contributed by atoms with Crippen molar-refractivity contribution in [3.63, 3.8) is 0 Å². The highest BCUT2D eigenvalue weighted by Gasteiger charge is 2.37. The van der Waals surface area contributed by atoms with E-state index in [9.17, 15) is 13.7 Å². The highest BCUT2D eigenvalue weighted by molar-refractivity contribution is 7.89. The molecule has 3 rings (SSSR count). The fourth-order valence-electron chi connectivity index (χ4n) is 3.12. The quantitative estimate of drug-likeness (QED) is 0.856. The number of ether oxygens (including phenoxy) is 1. The van der Waals surface area contributed by atoms with Crippen LogP contribution in [0.4, 0.5) is 0 Å². The number of nitrogens with zero attached hydrogens (tertiary/aromatic N) is 2. The van der Waals surface area contributed by atoms with Gasteiger partial charge in [-0.25, -0.2) is 8.42 Å². The third-order valence-electron chi connectivity index (χ3n) is 4.28. The van der Waals surface area contributed by atoms with Gasteiger partial charge in [-0.15, -0.1) is 0 Å². The zero-order valence-corrected chi connectivity index (χ0v) is 14.2. The second-order valence-corrected chi connectivity index (χ2v) is 7.52. The Bertz CT molecular complexity index is 887. The average Bonchev–Trinajstić information content (AvgIpc) is 3.12. The minimum Gasteiger partial charge on any atom is -0.497 e. The van der Waals surface area contributed by atoms with Crippen molar-refractivity contribution in [2.24, 2.45) is 0 Å². The molecule has 0 N–H and O–H groups in total. The summed E-state index contributed by atoms with van der Waals surface area (Å²) < 4.78 is 32.9. The first-order valence-corrected chi connectivity index (χ1v) is 9.17. The summed E-state index contributed by atoms with van der Waals surface area (Å²) in [5, 5.41) is 9.23. The van der Waals surface area contributed by atoms with Crippen molar-refractivity contribution >= 4 is 10.0 Å². The molecular weight excluding hydrogens is 324 g/mol. The van der Waals surface area contributed by atoms with E-state index in [2.05, 4.69) is 0 Å². The van der Waals surface area contributed by atoms with Gasteiger partial charge in [-0.1, -0.05) is 24.3 Å². The molecule has 1 aliphatic heterocycles. The molecule has 2 aromatic carbocycles. The molecule has 0 aliphatic carbocycles. The number of methoxy groups -OCH3 is 1. The Balaban J connectivity index is 2.02. The standard InChI is InChI=1S/C18H18N2O3S/c1-23-16-8-4-7-14(12-16)17-9-5-11-20(17)24(21,22)18-10-3-2-6-15(18)13-19/h2-4,6-8,10,12,17H,5,9,11H2,1H3/t17-/m0/s1. The lowest BCUT2D eigenvalue weighted by atomic mass is 10.1. The summed E-state index contributed by atoms with van der Waals surface area (Å²) in [7, 11) is -2.14. The molecule has 2 aromatic rings. The van der Waals surface area contributed by atoms with Gasteiger partial charge in [0.15, 0.2) is 0 Å². The summed E-state index contributed by atoms with van der Waals surface area (Å²) in [6, 6.07) is 15.6. The summed E-state index contributed by atoms with van der Waals surface area (Å²) in [6.45, 7) is 0.448. The minimum absolute atomic E-state index is 0.0716. The molecule has 1 saturated heterocycles. The highest BCUT2D eigenvalue weighted by Crippen LogP contribution is 2.38. The van der Waals surface area contributed by atoms with Crippen LogP contribution >= 0.6 is 0 Å². The fourth-order valence-corrected chi connectivity index (χ4v) is 4.95. The Labute approximate surface area is 142 Å². The second kappa shape index (κ2) is 6.63. The summed E-state index contributed by atoms with van der Waals surface area (Å²) in [5.74, 6) is 0.703. The third kappa shape index (κ3) is 2.88. The highest BCUT2D eigenvalue weighted by atomic mass is 32.2. The molecule has 0 bridgehead atoms. The molecule has 0 unspecified atom stereocenters. The van der Waals surface area contributed by atoms with Crippen LogP contribution < -0.4 is 4.74 Å². The molecular formula is C18H18N2O3S. The summed E-state index contributed by atoms with van der Waals surface area (Å²) in [5.41, 5.74) is 1.08. The van der Waals surface area contributed by atoms with Crippen molar-refractivity contribution in [1.29, 1.82) is 5.26 Å². The maximum Gasteiger partial charge on any atom is 0.244 e. The van der Waals surface area contributed by atoms with Crippen LogP contribution in [-0.4, -0.2) is 26.4 Å². The Morgan fingerprint density at radius 3 is 2.75 bits per heavy atom. The molecule has 0 amide bonds. The van der Waals surface area contributed by atoms with Gasteiger partial charge in [0.05, 0.1) is 23.6 Å². The number of sulfonamides is 1. The summed E-state index contributed by atoms with van der Waals surface area (Å²) in [6.07, 6.45) is 1.54. The maximum absolute atomic E-state index is 13.1. The average molecular weight is 342 g/mol. The van der Waals surface area contributed by atoms with Crippen LogP contribution in [-0.2, 0) is 10.0 Å². The Morgan fingerprint density at radius 1 is 1.21 bits per heavy atom. The van der Waals surface area contributed by atoms with Crippen molar-refractivity contribution in [2.45, 2.75) is 23.8 Å². The van der Waals surface area contributed by atoms with E-state index in [0.717, 1.165) is 18.4 Å². The molecule has 0 aromatic heterocycles. The molecule has 1 aliphatic rings. The smallest absolute Gasteiger partial charge is 0.244 e. The molecule has 0 saturated carbocycles. The molecule has 0 radical (unpaired) electrons. The van der Waals surface area contributed by atoms with Crippen LogP contribution in [0, 0.1) is 11.3 Å². The summed E-state index contributed by atoms with van der Waals surface area (Å²) in [4.78, 5) is 0.0716. The van der Waals surface area contributed by atoms with Gasteiger partial charge in [0.2, 0.25) is 10.0 Å². The molecule has 1 atom stereocenters. The van der Waals surface area contributed by atoms with E-state index < -0.39 is 10.0 Å². The maximum atomic E-state index is 13.1. The molecule has 24 heavy (non-hydrogen) atoms. The van der Waals surface area contributed by atoms with Gasteiger partial charge in [0.25, 0.3) is 0 Å². The first-order chi connectivity index (χ1) is 11.6. The number of rotatable bonds is 4. The third-order valence-corrected chi connectivity index (χ3v) is 6.24. The van der Waals surface area contributed by atoms with Gasteiger partial charge < -0.3 is 4.74 Å². The molecule has 124 valence electrons. The monoisotopic (exact) mass is 342 g/mol. The van der Waals surface area contributed by atoms with Crippen LogP contribution in [0.5, 0.6) is 5.75 Å². The van der Waals surface area contributed by atoms with Crippen LogP contribution in [0.15, 0.2) is 53.4 Å². The van der Waals surface area contributed by atoms with Crippen LogP contribution in [0.3, 0.4) is 0 Å². The van der Waals surface area contributed by atoms with Crippen molar-refractivity contribution < 1.29 is 13.2 Å². The van der Waals surface area contributed by atoms with Gasteiger partial charge in [0, 0.05) is 6.54 Å². The fraction of sp³-hybridized carbons (Fsp3) is 0.278. The van der Waals surface area contributed by atoms with Gasteiger partial charge in [0.1, 0.15) is 11.8 Å². The Kier molecular flexibility index (Phi) is 4.56.